The van der Waals surface area contributed by atoms with Crippen LogP contribution in [0.4, 0.5) is 4.39 Å². The van der Waals surface area contributed by atoms with Gasteiger partial charge in [0.25, 0.3) is 0 Å². The van der Waals surface area contributed by atoms with Gasteiger partial charge >= 0.3 is 5.97 Å². The third kappa shape index (κ3) is 3.81. The van der Waals surface area contributed by atoms with Crippen molar-refractivity contribution in [3.05, 3.63) is 30.1 Å². The van der Waals surface area contributed by atoms with E-state index in [0.29, 0.717) is 0 Å². The van der Waals surface area contributed by atoms with Crippen LogP contribution < -0.4 is 0 Å². The van der Waals surface area contributed by atoms with Gasteiger partial charge < -0.3 is 4.74 Å². The summed E-state index contributed by atoms with van der Waals surface area (Å²) in [6.45, 7) is 0. The van der Waals surface area contributed by atoms with Crippen molar-refractivity contribution in [2.24, 2.45) is 0 Å². The largest absolute Gasteiger partial charge is 0.469 e. The minimum absolute atomic E-state index is 0.00415. The number of halogens is 1. The highest BCUT2D eigenvalue weighted by Crippen LogP contribution is 2.16. The van der Waals surface area contributed by atoms with Gasteiger partial charge in [0.15, 0.2) is 9.84 Å². The highest BCUT2D eigenvalue weighted by atomic mass is 32.2. The lowest BCUT2D eigenvalue weighted by atomic mass is 10.3. The second-order valence-electron chi connectivity index (χ2n) is 3.43. The molecule has 1 aromatic rings. The fourth-order valence-corrected chi connectivity index (χ4v) is 2.71. The molecule has 0 unspecified atom stereocenters. The van der Waals surface area contributed by atoms with E-state index in [0.717, 1.165) is 6.07 Å². The number of benzene rings is 1. The normalized spacial score (nSPS) is 11.2. The number of rotatable bonds is 5. The first-order valence-corrected chi connectivity index (χ1v) is 6.66. The maximum absolute atomic E-state index is 13.3. The number of sulfone groups is 1. The maximum atomic E-state index is 13.3. The number of carbonyl (C=O) groups is 1. The highest BCUT2D eigenvalue weighted by Gasteiger charge is 2.18. The molecule has 0 atom stereocenters. The molecule has 0 spiro atoms. The summed E-state index contributed by atoms with van der Waals surface area (Å²) in [5.41, 5.74) is 0. The average molecular weight is 260 g/mol. The zero-order valence-electron chi connectivity index (χ0n) is 9.35. The molecule has 0 saturated carbocycles. The van der Waals surface area contributed by atoms with Gasteiger partial charge in [-0.05, 0) is 18.6 Å². The van der Waals surface area contributed by atoms with E-state index in [4.69, 9.17) is 0 Å². The van der Waals surface area contributed by atoms with Crippen LogP contribution in [-0.4, -0.2) is 27.2 Å². The van der Waals surface area contributed by atoms with E-state index in [-0.39, 0.29) is 23.5 Å². The van der Waals surface area contributed by atoms with Crippen LogP contribution >= 0.6 is 0 Å². The molecule has 4 nitrogen and oxygen atoms in total. The van der Waals surface area contributed by atoms with Crippen LogP contribution in [-0.2, 0) is 19.4 Å². The molecule has 0 amide bonds. The van der Waals surface area contributed by atoms with E-state index in [1.54, 1.807) is 0 Å². The number of ether oxygens (including phenoxy) is 1. The fraction of sp³-hybridized carbons (Fsp3) is 0.364. The zero-order valence-corrected chi connectivity index (χ0v) is 10.2. The summed E-state index contributed by atoms with van der Waals surface area (Å²) in [4.78, 5) is 10.5. The van der Waals surface area contributed by atoms with Crippen molar-refractivity contribution in [3.8, 4) is 0 Å². The van der Waals surface area contributed by atoms with Crippen LogP contribution in [0.3, 0.4) is 0 Å². The molecule has 94 valence electrons. The first kappa shape index (κ1) is 13.6. The SMILES string of the molecule is COC(=O)CCCS(=O)(=O)c1ccccc1F. The smallest absolute Gasteiger partial charge is 0.305 e. The molecule has 1 aromatic carbocycles. The van der Waals surface area contributed by atoms with E-state index in [9.17, 15) is 17.6 Å². The monoisotopic (exact) mass is 260 g/mol. The third-order valence-electron chi connectivity index (χ3n) is 2.19. The lowest BCUT2D eigenvalue weighted by molar-refractivity contribution is -0.140. The molecule has 0 aliphatic heterocycles. The Bertz CT molecular complexity index is 496. The Morgan fingerprint density at radius 3 is 2.59 bits per heavy atom. The Morgan fingerprint density at radius 1 is 1.35 bits per heavy atom. The van der Waals surface area contributed by atoms with Crippen molar-refractivity contribution in [2.45, 2.75) is 17.7 Å². The number of methoxy groups -OCH3 is 1. The van der Waals surface area contributed by atoms with Crippen molar-refractivity contribution < 1.29 is 22.3 Å². The van der Waals surface area contributed by atoms with E-state index in [2.05, 4.69) is 4.74 Å². The van der Waals surface area contributed by atoms with E-state index in [1.165, 1.54) is 25.3 Å². The summed E-state index contributed by atoms with van der Waals surface area (Å²) in [7, 11) is -2.45. The second kappa shape index (κ2) is 5.77. The number of carbonyl (C=O) groups excluding carboxylic acids is 1. The minimum Gasteiger partial charge on any atom is -0.469 e. The second-order valence-corrected chi connectivity index (χ2v) is 5.51. The molecule has 0 aromatic heterocycles. The van der Waals surface area contributed by atoms with E-state index in [1.807, 2.05) is 0 Å². The molecule has 1 rings (SSSR count). The Labute approximate surface area is 99.3 Å². The standard InChI is InChI=1S/C11H13FO4S/c1-16-11(13)7-4-8-17(14,15)10-6-3-2-5-9(10)12/h2-3,5-6H,4,7-8H2,1H3. The van der Waals surface area contributed by atoms with Gasteiger partial charge in [0.2, 0.25) is 0 Å². The highest BCUT2D eigenvalue weighted by molar-refractivity contribution is 7.91. The summed E-state index contributed by atoms with van der Waals surface area (Å²) >= 11 is 0. The molecule has 0 N–H and O–H groups in total. The Hall–Kier alpha value is -1.43. The van der Waals surface area contributed by atoms with E-state index >= 15 is 0 Å². The molecule has 0 bridgehead atoms. The van der Waals surface area contributed by atoms with Crippen LogP contribution in [0.25, 0.3) is 0 Å². The number of hydrogen-bond donors (Lipinski definition) is 0. The van der Waals surface area contributed by atoms with Gasteiger partial charge in [-0.1, -0.05) is 12.1 Å². The Morgan fingerprint density at radius 2 is 2.00 bits per heavy atom. The minimum atomic E-state index is -3.68. The summed E-state index contributed by atoms with van der Waals surface area (Å²) < 4.78 is 41.1. The Balaban J connectivity index is 2.70. The van der Waals surface area contributed by atoms with Crippen molar-refractivity contribution in [1.82, 2.24) is 0 Å². The average Bonchev–Trinajstić information content (AvgIpc) is 2.28. The lowest BCUT2D eigenvalue weighted by Gasteiger charge is -2.04. The fourth-order valence-electron chi connectivity index (χ4n) is 1.32. The molecule has 0 radical (unpaired) electrons. The van der Waals surface area contributed by atoms with Crippen LogP contribution in [0.5, 0.6) is 0 Å². The molecule has 0 saturated heterocycles. The van der Waals surface area contributed by atoms with Gasteiger partial charge in [-0.3, -0.25) is 4.79 Å². The molecule has 0 heterocycles. The quantitative estimate of drug-likeness (QED) is 0.754. The van der Waals surface area contributed by atoms with Crippen molar-refractivity contribution in [1.29, 1.82) is 0 Å². The van der Waals surface area contributed by atoms with Crippen molar-refractivity contribution in [3.63, 3.8) is 0 Å². The molecular weight excluding hydrogens is 247 g/mol. The topological polar surface area (TPSA) is 60.4 Å². The summed E-state index contributed by atoms with van der Waals surface area (Å²) in [5, 5.41) is 0. The van der Waals surface area contributed by atoms with Gasteiger partial charge in [-0.2, -0.15) is 0 Å². The predicted octanol–water partition coefficient (Wildman–Crippen LogP) is 1.55. The molecule has 0 aliphatic carbocycles. The first-order valence-electron chi connectivity index (χ1n) is 5.01. The molecular formula is C11H13FO4S. The summed E-state index contributed by atoms with van der Waals surface area (Å²) in [6.07, 6.45) is 0.119. The van der Waals surface area contributed by atoms with Crippen molar-refractivity contribution >= 4 is 15.8 Å². The maximum Gasteiger partial charge on any atom is 0.305 e. The third-order valence-corrected chi connectivity index (χ3v) is 4.02. The summed E-state index contributed by atoms with van der Waals surface area (Å²) in [5.74, 6) is -1.53. The number of esters is 1. The molecule has 0 aliphatic rings. The predicted molar refractivity (Wildman–Crippen MR) is 59.7 cm³/mol. The van der Waals surface area contributed by atoms with Gasteiger partial charge in [0.1, 0.15) is 10.7 Å². The Kier molecular flexibility index (Phi) is 4.62. The van der Waals surface area contributed by atoms with Crippen LogP contribution in [0.2, 0.25) is 0 Å². The molecule has 6 heteroatoms. The first-order chi connectivity index (χ1) is 7.97. The van der Waals surface area contributed by atoms with E-state index < -0.39 is 21.6 Å². The molecule has 0 fully saturated rings. The van der Waals surface area contributed by atoms with Gasteiger partial charge in [0, 0.05) is 6.42 Å². The van der Waals surface area contributed by atoms with Gasteiger partial charge in [-0.15, -0.1) is 0 Å². The van der Waals surface area contributed by atoms with Crippen LogP contribution in [0.15, 0.2) is 29.2 Å². The van der Waals surface area contributed by atoms with Gasteiger partial charge in [-0.25, -0.2) is 12.8 Å². The zero-order chi connectivity index (χ0) is 12.9. The summed E-state index contributed by atoms with van der Waals surface area (Å²) in [6, 6.07) is 5.18. The number of hydrogen-bond acceptors (Lipinski definition) is 4. The molecule has 17 heavy (non-hydrogen) atoms. The van der Waals surface area contributed by atoms with Crippen LogP contribution in [0.1, 0.15) is 12.8 Å². The lowest BCUT2D eigenvalue weighted by Crippen LogP contribution is -2.11. The van der Waals surface area contributed by atoms with Crippen LogP contribution in [0, 0.1) is 5.82 Å². The van der Waals surface area contributed by atoms with Crippen molar-refractivity contribution in [2.75, 3.05) is 12.9 Å². The van der Waals surface area contributed by atoms with Gasteiger partial charge in [0.05, 0.1) is 12.9 Å².